The lowest BCUT2D eigenvalue weighted by Gasteiger charge is -1.98. The molecule has 0 spiro atoms. The highest BCUT2D eigenvalue weighted by atomic mass is 79.9. The lowest BCUT2D eigenvalue weighted by molar-refractivity contribution is 0.477. The van der Waals surface area contributed by atoms with Crippen LogP contribution in [0.15, 0.2) is 53.3 Å². The third kappa shape index (κ3) is 1.80. The van der Waals surface area contributed by atoms with Gasteiger partial charge in [0.2, 0.25) is 0 Å². The van der Waals surface area contributed by atoms with Crippen LogP contribution in [0.25, 0.3) is 16.9 Å². The van der Waals surface area contributed by atoms with Crippen molar-refractivity contribution in [2.24, 2.45) is 0 Å². The maximum absolute atomic E-state index is 9.79. The fourth-order valence-electron chi connectivity index (χ4n) is 1.78. The molecule has 0 saturated carbocycles. The van der Waals surface area contributed by atoms with Gasteiger partial charge in [-0.25, -0.2) is 4.98 Å². The van der Waals surface area contributed by atoms with E-state index in [2.05, 4.69) is 20.9 Å². The standard InChI is InChI=1S/C13H9BrN2O/c14-9-5-6-13-15-11(8-16(13)7-9)10-3-1-2-4-12(10)17/h1-8,17H. The minimum absolute atomic E-state index is 0.245. The number of phenolic OH excluding ortho intramolecular Hbond substituents is 1. The molecular formula is C13H9BrN2O. The van der Waals surface area contributed by atoms with Gasteiger partial charge in [0.15, 0.2) is 0 Å². The van der Waals surface area contributed by atoms with Gasteiger partial charge in [-0.15, -0.1) is 0 Å². The molecular weight excluding hydrogens is 280 g/mol. The van der Waals surface area contributed by atoms with Gasteiger partial charge < -0.3 is 9.51 Å². The monoisotopic (exact) mass is 288 g/mol. The highest BCUT2D eigenvalue weighted by Crippen LogP contribution is 2.28. The molecule has 2 aromatic heterocycles. The van der Waals surface area contributed by atoms with Crippen LogP contribution in [-0.2, 0) is 0 Å². The van der Waals surface area contributed by atoms with Crippen molar-refractivity contribution in [1.29, 1.82) is 0 Å². The van der Waals surface area contributed by atoms with Gasteiger partial charge in [-0.1, -0.05) is 12.1 Å². The van der Waals surface area contributed by atoms with Crippen molar-refractivity contribution in [3.05, 3.63) is 53.3 Å². The fourth-order valence-corrected chi connectivity index (χ4v) is 2.14. The molecule has 4 heteroatoms. The lowest BCUT2D eigenvalue weighted by atomic mass is 10.1. The van der Waals surface area contributed by atoms with Gasteiger partial charge in [0.25, 0.3) is 0 Å². The highest BCUT2D eigenvalue weighted by molar-refractivity contribution is 9.10. The van der Waals surface area contributed by atoms with Gasteiger partial charge in [-0.3, -0.25) is 0 Å². The number of aromatic hydroxyl groups is 1. The van der Waals surface area contributed by atoms with Gasteiger partial charge >= 0.3 is 0 Å². The van der Waals surface area contributed by atoms with E-state index in [1.807, 2.05) is 41.1 Å². The van der Waals surface area contributed by atoms with Crippen molar-refractivity contribution in [3.8, 4) is 17.0 Å². The number of halogens is 1. The third-order valence-electron chi connectivity index (χ3n) is 2.59. The van der Waals surface area contributed by atoms with Crippen LogP contribution in [0.2, 0.25) is 0 Å². The summed E-state index contributed by atoms with van der Waals surface area (Å²) in [6.45, 7) is 0. The number of imidazole rings is 1. The fraction of sp³-hybridized carbons (Fsp3) is 0. The van der Waals surface area contributed by atoms with Crippen LogP contribution in [0.1, 0.15) is 0 Å². The molecule has 0 atom stereocenters. The Labute approximate surface area is 106 Å². The molecule has 0 unspecified atom stereocenters. The molecule has 0 aliphatic rings. The molecule has 84 valence electrons. The second-order valence-corrected chi connectivity index (χ2v) is 4.67. The van der Waals surface area contributed by atoms with Gasteiger partial charge in [0, 0.05) is 22.4 Å². The number of para-hydroxylation sites is 1. The summed E-state index contributed by atoms with van der Waals surface area (Å²) < 4.78 is 2.91. The van der Waals surface area contributed by atoms with Crippen LogP contribution in [0.5, 0.6) is 5.75 Å². The second-order valence-electron chi connectivity index (χ2n) is 3.76. The number of phenols is 1. The first-order valence-electron chi connectivity index (χ1n) is 5.17. The Morgan fingerprint density at radius 2 is 1.88 bits per heavy atom. The number of hydrogen-bond donors (Lipinski definition) is 1. The van der Waals surface area contributed by atoms with Gasteiger partial charge in [-0.05, 0) is 40.2 Å². The van der Waals surface area contributed by atoms with Gasteiger partial charge in [-0.2, -0.15) is 0 Å². The van der Waals surface area contributed by atoms with Gasteiger partial charge in [0.1, 0.15) is 11.4 Å². The third-order valence-corrected chi connectivity index (χ3v) is 3.06. The Kier molecular flexibility index (Phi) is 2.37. The summed E-state index contributed by atoms with van der Waals surface area (Å²) in [5, 5.41) is 9.79. The molecule has 3 nitrogen and oxygen atoms in total. The summed E-state index contributed by atoms with van der Waals surface area (Å²) in [7, 11) is 0. The summed E-state index contributed by atoms with van der Waals surface area (Å²) in [5.41, 5.74) is 2.36. The summed E-state index contributed by atoms with van der Waals surface area (Å²) in [6, 6.07) is 11.1. The molecule has 0 saturated heterocycles. The number of pyridine rings is 1. The summed E-state index contributed by atoms with van der Waals surface area (Å²) in [6.07, 6.45) is 3.83. The molecule has 0 aliphatic heterocycles. The van der Waals surface area contributed by atoms with Crippen LogP contribution >= 0.6 is 15.9 Å². The average molecular weight is 289 g/mol. The van der Waals surface area contributed by atoms with Crippen molar-refractivity contribution in [3.63, 3.8) is 0 Å². The zero-order chi connectivity index (χ0) is 11.8. The first-order chi connectivity index (χ1) is 8.24. The highest BCUT2D eigenvalue weighted by Gasteiger charge is 2.07. The molecule has 17 heavy (non-hydrogen) atoms. The number of nitrogens with zero attached hydrogens (tertiary/aromatic N) is 2. The SMILES string of the molecule is Oc1ccccc1-c1cn2cc(Br)ccc2n1. The number of hydrogen-bond acceptors (Lipinski definition) is 2. The smallest absolute Gasteiger partial charge is 0.137 e. The Bertz CT molecular complexity index is 691. The minimum atomic E-state index is 0.245. The van der Waals surface area contributed by atoms with E-state index in [0.717, 1.165) is 21.4 Å². The van der Waals surface area contributed by atoms with Crippen molar-refractivity contribution in [2.75, 3.05) is 0 Å². The molecule has 1 aromatic carbocycles. The molecule has 0 aliphatic carbocycles. The number of fused-ring (bicyclic) bond motifs is 1. The maximum Gasteiger partial charge on any atom is 0.137 e. The molecule has 0 bridgehead atoms. The first-order valence-corrected chi connectivity index (χ1v) is 5.96. The van der Waals surface area contributed by atoms with Crippen LogP contribution in [0.4, 0.5) is 0 Å². The summed E-state index contributed by atoms with van der Waals surface area (Å²) in [5.74, 6) is 0.245. The lowest BCUT2D eigenvalue weighted by Crippen LogP contribution is -1.80. The van der Waals surface area contributed by atoms with E-state index < -0.39 is 0 Å². The van der Waals surface area contributed by atoms with Crippen LogP contribution in [0, 0.1) is 0 Å². The van der Waals surface area contributed by atoms with E-state index in [-0.39, 0.29) is 5.75 Å². The Morgan fingerprint density at radius 1 is 1.06 bits per heavy atom. The Morgan fingerprint density at radius 3 is 2.71 bits per heavy atom. The number of rotatable bonds is 1. The van der Waals surface area contributed by atoms with Crippen molar-refractivity contribution in [2.45, 2.75) is 0 Å². The Hall–Kier alpha value is -1.81. The zero-order valence-corrected chi connectivity index (χ0v) is 10.4. The Balaban J connectivity index is 2.22. The van der Waals surface area contributed by atoms with E-state index in [4.69, 9.17) is 0 Å². The normalized spacial score (nSPS) is 10.9. The predicted molar refractivity (Wildman–Crippen MR) is 70.0 cm³/mol. The summed E-state index contributed by atoms with van der Waals surface area (Å²) >= 11 is 3.41. The molecule has 3 rings (SSSR count). The second kappa shape index (κ2) is 3.89. The van der Waals surface area contributed by atoms with E-state index in [9.17, 15) is 5.11 Å². The minimum Gasteiger partial charge on any atom is -0.507 e. The van der Waals surface area contributed by atoms with E-state index >= 15 is 0 Å². The van der Waals surface area contributed by atoms with Crippen molar-refractivity contribution >= 4 is 21.6 Å². The quantitative estimate of drug-likeness (QED) is 0.744. The predicted octanol–water partition coefficient (Wildman–Crippen LogP) is 3.47. The largest absolute Gasteiger partial charge is 0.507 e. The molecule has 3 aromatic rings. The summed E-state index contributed by atoms with van der Waals surface area (Å²) in [4.78, 5) is 4.47. The molecule has 2 heterocycles. The number of aromatic nitrogens is 2. The first kappa shape index (κ1) is 10.4. The number of benzene rings is 1. The maximum atomic E-state index is 9.79. The van der Waals surface area contributed by atoms with Crippen molar-refractivity contribution < 1.29 is 5.11 Å². The van der Waals surface area contributed by atoms with Gasteiger partial charge in [0.05, 0.1) is 5.69 Å². The van der Waals surface area contributed by atoms with Crippen LogP contribution in [0.3, 0.4) is 0 Å². The van der Waals surface area contributed by atoms with Crippen LogP contribution in [-0.4, -0.2) is 14.5 Å². The topological polar surface area (TPSA) is 37.5 Å². The van der Waals surface area contributed by atoms with Crippen molar-refractivity contribution in [1.82, 2.24) is 9.38 Å². The van der Waals surface area contributed by atoms with E-state index in [0.29, 0.717) is 0 Å². The molecule has 0 fully saturated rings. The van der Waals surface area contributed by atoms with E-state index in [1.165, 1.54) is 0 Å². The zero-order valence-electron chi connectivity index (χ0n) is 8.84. The van der Waals surface area contributed by atoms with Crippen LogP contribution < -0.4 is 0 Å². The van der Waals surface area contributed by atoms with E-state index in [1.54, 1.807) is 12.1 Å². The molecule has 1 N–H and O–H groups in total. The average Bonchev–Trinajstić information content (AvgIpc) is 2.72. The molecule has 0 amide bonds. The molecule has 0 radical (unpaired) electrons.